The highest BCUT2D eigenvalue weighted by Crippen LogP contribution is 2.27. The maximum atomic E-state index is 11.9. The molecule has 140 valence electrons. The van der Waals surface area contributed by atoms with Gasteiger partial charge in [-0.25, -0.2) is 0 Å². The number of nitrogens with zero attached hydrogens (tertiary/aromatic N) is 1. The number of carbonyl (C=O) groups is 1. The molecule has 6 nitrogen and oxygen atoms in total. The Morgan fingerprint density at radius 3 is 2.58 bits per heavy atom. The minimum Gasteiger partial charge on any atom is -0.493 e. The number of carbonyl (C=O) groups excluding carboxylic acids is 1. The zero-order valence-electron chi connectivity index (χ0n) is 15.9. The quantitative estimate of drug-likeness (QED) is 0.752. The van der Waals surface area contributed by atoms with Crippen LogP contribution < -0.4 is 20.1 Å². The maximum absolute atomic E-state index is 11.9. The molecule has 26 heavy (non-hydrogen) atoms. The lowest BCUT2D eigenvalue weighted by Gasteiger charge is -2.20. The molecule has 0 unspecified atom stereocenters. The molecule has 0 saturated carbocycles. The van der Waals surface area contributed by atoms with Crippen LogP contribution >= 0.6 is 0 Å². The van der Waals surface area contributed by atoms with E-state index >= 15 is 0 Å². The fraction of sp³-hybridized carbons (Fsp3) is 0.400. The first kappa shape index (κ1) is 19.7. The van der Waals surface area contributed by atoms with Crippen molar-refractivity contribution in [2.75, 3.05) is 13.7 Å². The van der Waals surface area contributed by atoms with Crippen LogP contribution in [0.1, 0.15) is 31.9 Å². The number of pyridine rings is 1. The molecule has 1 heterocycles. The van der Waals surface area contributed by atoms with Crippen LogP contribution in [0.4, 0.5) is 0 Å². The lowest BCUT2D eigenvalue weighted by atomic mass is 10.1. The molecule has 0 aliphatic rings. The number of rotatable bonds is 8. The minimum absolute atomic E-state index is 0.0416. The highest BCUT2D eigenvalue weighted by molar-refractivity contribution is 5.78. The number of hydrogen-bond acceptors (Lipinski definition) is 4. The number of aromatic nitrogens is 1. The smallest absolute Gasteiger partial charge is 0.258 e. The van der Waals surface area contributed by atoms with Crippen molar-refractivity contribution in [1.29, 1.82) is 0 Å². The van der Waals surface area contributed by atoms with Crippen LogP contribution in [0.5, 0.6) is 11.5 Å². The minimum atomic E-state index is -0.279. The first-order valence-electron chi connectivity index (χ1n) is 8.68. The fourth-order valence-electron chi connectivity index (χ4n) is 2.48. The zero-order valence-corrected chi connectivity index (χ0v) is 15.9. The standard InChI is InChI=1S/C20H27N3O3/c1-20(2,3)23-19(24)14-26-17-8-7-15(10-18(17)25-4)11-22-13-16-6-5-9-21-12-16/h5-10,12,22H,11,13-14H2,1-4H3,(H,23,24)/p+1. The van der Waals surface area contributed by atoms with Crippen molar-refractivity contribution >= 4 is 5.91 Å². The van der Waals surface area contributed by atoms with Crippen LogP contribution in [0.25, 0.3) is 0 Å². The summed E-state index contributed by atoms with van der Waals surface area (Å²) in [6, 6.07) is 9.77. The monoisotopic (exact) mass is 358 g/mol. The molecule has 0 saturated heterocycles. The molecule has 1 amide bonds. The van der Waals surface area contributed by atoms with E-state index in [0.717, 1.165) is 18.7 Å². The summed E-state index contributed by atoms with van der Waals surface area (Å²) >= 11 is 0. The van der Waals surface area contributed by atoms with Crippen molar-refractivity contribution in [2.24, 2.45) is 0 Å². The Labute approximate surface area is 154 Å². The van der Waals surface area contributed by atoms with Crippen LogP contribution in [0.3, 0.4) is 0 Å². The Kier molecular flexibility index (Phi) is 6.97. The highest BCUT2D eigenvalue weighted by Gasteiger charge is 2.15. The molecule has 0 atom stereocenters. The van der Waals surface area contributed by atoms with Gasteiger partial charge in [0.25, 0.3) is 5.91 Å². The largest absolute Gasteiger partial charge is 0.493 e. The summed E-state index contributed by atoms with van der Waals surface area (Å²) in [5, 5.41) is 5.06. The van der Waals surface area contributed by atoms with Crippen molar-refractivity contribution in [2.45, 2.75) is 39.4 Å². The highest BCUT2D eigenvalue weighted by atomic mass is 16.5. The predicted octanol–water partition coefficient (Wildman–Crippen LogP) is 1.65. The molecule has 0 aliphatic heterocycles. The van der Waals surface area contributed by atoms with E-state index in [1.54, 1.807) is 13.3 Å². The summed E-state index contributed by atoms with van der Waals surface area (Å²) < 4.78 is 11.0. The van der Waals surface area contributed by atoms with Crippen molar-refractivity contribution in [1.82, 2.24) is 10.3 Å². The molecule has 3 N–H and O–H groups in total. The molecule has 0 radical (unpaired) electrons. The van der Waals surface area contributed by atoms with E-state index in [1.807, 2.05) is 51.2 Å². The number of ether oxygens (including phenoxy) is 2. The summed E-state index contributed by atoms with van der Waals surface area (Å²) in [6.07, 6.45) is 3.64. The lowest BCUT2D eigenvalue weighted by Crippen LogP contribution is -2.80. The number of nitrogens with two attached hydrogens (primary N) is 1. The van der Waals surface area contributed by atoms with Gasteiger partial charge in [0.2, 0.25) is 0 Å². The van der Waals surface area contributed by atoms with Gasteiger partial charge in [-0.05, 0) is 45.0 Å². The van der Waals surface area contributed by atoms with Crippen LogP contribution in [-0.4, -0.2) is 30.1 Å². The molecule has 2 rings (SSSR count). The second kappa shape index (κ2) is 9.20. The predicted molar refractivity (Wildman–Crippen MR) is 100.0 cm³/mol. The number of amides is 1. The van der Waals surface area contributed by atoms with Gasteiger partial charge in [0, 0.05) is 29.1 Å². The Morgan fingerprint density at radius 2 is 1.92 bits per heavy atom. The second-order valence-corrected chi connectivity index (χ2v) is 7.13. The summed E-state index contributed by atoms with van der Waals surface area (Å²) in [7, 11) is 1.60. The van der Waals surface area contributed by atoms with E-state index in [9.17, 15) is 4.79 Å². The second-order valence-electron chi connectivity index (χ2n) is 7.13. The van der Waals surface area contributed by atoms with Crippen LogP contribution in [0.2, 0.25) is 0 Å². The average Bonchev–Trinajstić information content (AvgIpc) is 2.60. The molecule has 1 aromatic heterocycles. The Balaban J connectivity index is 1.89. The molecule has 1 aromatic carbocycles. The molecule has 0 aliphatic carbocycles. The molecule has 6 heteroatoms. The normalized spacial score (nSPS) is 11.1. The third-order valence-corrected chi connectivity index (χ3v) is 3.58. The first-order chi connectivity index (χ1) is 12.4. The number of benzene rings is 1. The summed E-state index contributed by atoms with van der Waals surface area (Å²) in [4.78, 5) is 16.0. The van der Waals surface area contributed by atoms with Crippen LogP contribution in [0, 0.1) is 0 Å². The Bertz CT molecular complexity index is 712. The molecular formula is C20H28N3O3+. The molecule has 2 aromatic rings. The maximum Gasteiger partial charge on any atom is 0.258 e. The van der Waals surface area contributed by atoms with Crippen LogP contribution in [-0.2, 0) is 17.9 Å². The number of nitrogens with one attached hydrogen (secondary N) is 1. The lowest BCUT2D eigenvalue weighted by molar-refractivity contribution is -0.686. The topological polar surface area (TPSA) is 77.1 Å². The van der Waals surface area contributed by atoms with Gasteiger partial charge in [0.1, 0.15) is 13.1 Å². The van der Waals surface area contributed by atoms with E-state index < -0.39 is 0 Å². The molecule has 0 bridgehead atoms. The van der Waals surface area contributed by atoms with Crippen molar-refractivity contribution in [3.63, 3.8) is 0 Å². The SMILES string of the molecule is COc1cc(C[NH2+]Cc2cccnc2)ccc1OCC(=O)NC(C)(C)C. The van der Waals surface area contributed by atoms with Gasteiger partial charge in [0.05, 0.1) is 7.11 Å². The molecular weight excluding hydrogens is 330 g/mol. The number of quaternary nitrogens is 1. The van der Waals surface area contributed by atoms with E-state index in [4.69, 9.17) is 9.47 Å². The van der Waals surface area contributed by atoms with Crippen molar-refractivity contribution in [3.05, 3.63) is 53.9 Å². The number of hydrogen-bond donors (Lipinski definition) is 2. The van der Waals surface area contributed by atoms with E-state index in [-0.39, 0.29) is 18.1 Å². The van der Waals surface area contributed by atoms with Gasteiger partial charge in [-0.2, -0.15) is 0 Å². The van der Waals surface area contributed by atoms with Crippen molar-refractivity contribution < 1.29 is 19.6 Å². The first-order valence-corrected chi connectivity index (χ1v) is 8.68. The van der Waals surface area contributed by atoms with Gasteiger partial charge < -0.3 is 20.1 Å². The zero-order chi connectivity index (χ0) is 19.0. The van der Waals surface area contributed by atoms with Crippen LogP contribution in [0.15, 0.2) is 42.7 Å². The van der Waals surface area contributed by atoms with Gasteiger partial charge in [-0.15, -0.1) is 0 Å². The summed E-state index contributed by atoms with van der Waals surface area (Å²) in [6.45, 7) is 7.43. The van der Waals surface area contributed by atoms with Gasteiger partial charge in [0.15, 0.2) is 18.1 Å². The fourth-order valence-corrected chi connectivity index (χ4v) is 2.48. The third-order valence-electron chi connectivity index (χ3n) is 3.58. The molecule has 0 spiro atoms. The summed E-state index contributed by atoms with van der Waals surface area (Å²) in [5.41, 5.74) is 2.03. The van der Waals surface area contributed by atoms with Gasteiger partial charge >= 0.3 is 0 Å². The Morgan fingerprint density at radius 1 is 1.15 bits per heavy atom. The third kappa shape index (κ3) is 6.72. The average molecular weight is 358 g/mol. The Hall–Kier alpha value is -2.60. The summed E-state index contributed by atoms with van der Waals surface area (Å²) in [5.74, 6) is 1.03. The van der Waals surface area contributed by atoms with E-state index in [0.29, 0.717) is 11.5 Å². The number of methoxy groups -OCH3 is 1. The van der Waals surface area contributed by atoms with Gasteiger partial charge in [-0.1, -0.05) is 6.07 Å². The molecule has 0 fully saturated rings. The van der Waals surface area contributed by atoms with Crippen molar-refractivity contribution in [3.8, 4) is 11.5 Å². The van der Waals surface area contributed by atoms with Gasteiger partial charge in [-0.3, -0.25) is 9.78 Å². The van der Waals surface area contributed by atoms with E-state index in [1.165, 1.54) is 5.56 Å². The van der Waals surface area contributed by atoms with E-state index in [2.05, 4.69) is 21.7 Å².